The van der Waals surface area contributed by atoms with Crippen molar-refractivity contribution in [1.29, 1.82) is 0 Å². The molecule has 2 aromatic rings. The van der Waals surface area contributed by atoms with E-state index in [1.165, 1.54) is 0 Å². The Morgan fingerprint density at radius 2 is 2.00 bits per heavy atom. The molecule has 3 nitrogen and oxygen atoms in total. The number of carbonyl (C=O) groups is 1. The summed E-state index contributed by atoms with van der Waals surface area (Å²) in [5, 5.41) is 9.04. The third-order valence-electron chi connectivity index (χ3n) is 2.97. The first-order chi connectivity index (χ1) is 9.15. The van der Waals surface area contributed by atoms with E-state index in [1.54, 1.807) is 12.4 Å². The summed E-state index contributed by atoms with van der Waals surface area (Å²) in [6.45, 7) is 0. The molecule has 4 heteroatoms. The Kier molecular flexibility index (Phi) is 4.68. The summed E-state index contributed by atoms with van der Waals surface area (Å²) in [4.78, 5) is 15.1. The lowest BCUT2D eigenvalue weighted by Gasteiger charge is -2.15. The summed E-state index contributed by atoms with van der Waals surface area (Å²) in [7, 11) is 0. The highest BCUT2D eigenvalue weighted by atomic mass is 79.9. The van der Waals surface area contributed by atoms with Gasteiger partial charge in [0.2, 0.25) is 0 Å². The minimum atomic E-state index is -0.786. The Hall–Kier alpha value is -1.68. The topological polar surface area (TPSA) is 50.2 Å². The quantitative estimate of drug-likeness (QED) is 0.915. The van der Waals surface area contributed by atoms with Gasteiger partial charge in [-0.25, -0.2) is 0 Å². The van der Waals surface area contributed by atoms with Crippen LogP contribution in [-0.4, -0.2) is 16.1 Å². The number of halogens is 1. The minimum absolute atomic E-state index is 0.0487. The first-order valence-electron chi connectivity index (χ1n) is 6.01. The van der Waals surface area contributed by atoms with Crippen LogP contribution in [0.4, 0.5) is 0 Å². The first-order valence-corrected chi connectivity index (χ1v) is 6.80. The number of aliphatic carboxylic acids is 1. The van der Waals surface area contributed by atoms with Crippen molar-refractivity contribution in [1.82, 2.24) is 4.98 Å². The van der Waals surface area contributed by atoms with Crippen molar-refractivity contribution in [3.63, 3.8) is 0 Å². The van der Waals surface area contributed by atoms with E-state index in [1.807, 2.05) is 36.4 Å². The summed E-state index contributed by atoms with van der Waals surface area (Å²) >= 11 is 3.39. The van der Waals surface area contributed by atoms with Crippen molar-refractivity contribution in [3.8, 4) is 0 Å². The fourth-order valence-corrected chi connectivity index (χ4v) is 2.31. The smallest absolute Gasteiger partial charge is 0.303 e. The normalized spacial score (nSPS) is 12.1. The van der Waals surface area contributed by atoms with Gasteiger partial charge in [0.15, 0.2) is 0 Å². The number of carboxylic acid groups (broad SMARTS) is 1. The number of pyridine rings is 1. The lowest BCUT2D eigenvalue weighted by molar-refractivity contribution is -0.137. The average Bonchev–Trinajstić information content (AvgIpc) is 2.41. The molecule has 0 spiro atoms. The molecule has 0 fully saturated rings. The van der Waals surface area contributed by atoms with Gasteiger partial charge in [-0.05, 0) is 41.7 Å². The first kappa shape index (κ1) is 13.7. The van der Waals surface area contributed by atoms with Crippen LogP contribution >= 0.6 is 15.9 Å². The van der Waals surface area contributed by atoms with Gasteiger partial charge >= 0.3 is 5.97 Å². The molecule has 0 aliphatic heterocycles. The van der Waals surface area contributed by atoms with Crippen LogP contribution in [0.2, 0.25) is 0 Å². The number of hydrogen-bond donors (Lipinski definition) is 1. The van der Waals surface area contributed by atoms with Gasteiger partial charge in [0.1, 0.15) is 0 Å². The van der Waals surface area contributed by atoms with Crippen LogP contribution in [-0.2, 0) is 11.2 Å². The van der Waals surface area contributed by atoms with Crippen LogP contribution in [0, 0.1) is 0 Å². The molecule has 0 amide bonds. The van der Waals surface area contributed by atoms with Gasteiger partial charge in [0.05, 0.1) is 6.42 Å². The molecule has 98 valence electrons. The molecule has 1 unspecified atom stereocenters. The van der Waals surface area contributed by atoms with E-state index in [0.29, 0.717) is 6.42 Å². The number of hydrogen-bond acceptors (Lipinski definition) is 2. The summed E-state index contributed by atoms with van der Waals surface area (Å²) in [5.74, 6) is -0.835. The zero-order valence-electron chi connectivity index (χ0n) is 10.3. The molecule has 0 saturated carbocycles. The molecule has 1 aromatic heterocycles. The molecule has 0 bridgehead atoms. The van der Waals surface area contributed by atoms with Crippen molar-refractivity contribution < 1.29 is 9.90 Å². The Morgan fingerprint density at radius 3 is 2.58 bits per heavy atom. The van der Waals surface area contributed by atoms with E-state index in [2.05, 4.69) is 20.9 Å². The maximum atomic E-state index is 11.0. The number of aromatic nitrogens is 1. The van der Waals surface area contributed by atoms with Crippen molar-refractivity contribution >= 4 is 21.9 Å². The highest BCUT2D eigenvalue weighted by Gasteiger charge is 2.16. The van der Waals surface area contributed by atoms with Crippen LogP contribution in [0.3, 0.4) is 0 Å². The SMILES string of the molecule is O=C(O)CC(Cc1ccc(Br)cc1)c1cccnc1. The summed E-state index contributed by atoms with van der Waals surface area (Å²) < 4.78 is 1.02. The van der Waals surface area contributed by atoms with Crippen LogP contribution in [0.25, 0.3) is 0 Å². The van der Waals surface area contributed by atoms with Gasteiger partial charge in [-0.2, -0.15) is 0 Å². The summed E-state index contributed by atoms with van der Waals surface area (Å²) in [5.41, 5.74) is 2.09. The number of nitrogens with zero attached hydrogens (tertiary/aromatic N) is 1. The van der Waals surface area contributed by atoms with Crippen LogP contribution < -0.4 is 0 Å². The lowest BCUT2D eigenvalue weighted by Crippen LogP contribution is -2.09. The molecule has 1 aromatic carbocycles. The van der Waals surface area contributed by atoms with Gasteiger partial charge in [-0.15, -0.1) is 0 Å². The van der Waals surface area contributed by atoms with Crippen LogP contribution in [0.15, 0.2) is 53.3 Å². The zero-order chi connectivity index (χ0) is 13.7. The molecule has 2 rings (SSSR count). The highest BCUT2D eigenvalue weighted by molar-refractivity contribution is 9.10. The predicted octanol–water partition coefficient (Wildman–Crippen LogP) is 3.65. The average molecular weight is 320 g/mol. The number of carboxylic acids is 1. The van der Waals surface area contributed by atoms with Crippen molar-refractivity contribution in [3.05, 3.63) is 64.4 Å². The van der Waals surface area contributed by atoms with Crippen molar-refractivity contribution in [2.24, 2.45) is 0 Å². The molecule has 1 heterocycles. The monoisotopic (exact) mass is 319 g/mol. The van der Waals surface area contributed by atoms with Gasteiger partial charge < -0.3 is 5.11 Å². The Bertz CT molecular complexity index is 540. The largest absolute Gasteiger partial charge is 0.481 e. The fourth-order valence-electron chi connectivity index (χ4n) is 2.04. The van der Waals surface area contributed by atoms with Gasteiger partial charge in [-0.3, -0.25) is 9.78 Å². The Balaban J connectivity index is 2.19. The second-order valence-electron chi connectivity index (χ2n) is 4.41. The van der Waals surface area contributed by atoms with Crippen LogP contribution in [0.5, 0.6) is 0 Å². The third-order valence-corrected chi connectivity index (χ3v) is 3.50. The molecule has 1 N–H and O–H groups in total. The maximum Gasteiger partial charge on any atom is 0.303 e. The fraction of sp³-hybridized carbons (Fsp3) is 0.200. The molecule has 0 aliphatic rings. The Labute approximate surface area is 120 Å². The minimum Gasteiger partial charge on any atom is -0.481 e. The lowest BCUT2D eigenvalue weighted by atomic mass is 9.90. The van der Waals surface area contributed by atoms with E-state index in [0.717, 1.165) is 15.6 Å². The predicted molar refractivity (Wildman–Crippen MR) is 77.1 cm³/mol. The van der Waals surface area contributed by atoms with Gasteiger partial charge in [0.25, 0.3) is 0 Å². The summed E-state index contributed by atoms with van der Waals surface area (Å²) in [6, 6.07) is 11.7. The molecular formula is C15H14BrNO2. The highest BCUT2D eigenvalue weighted by Crippen LogP contribution is 2.24. The van der Waals surface area contributed by atoms with Crippen molar-refractivity contribution in [2.75, 3.05) is 0 Å². The van der Waals surface area contributed by atoms with E-state index in [-0.39, 0.29) is 12.3 Å². The molecular weight excluding hydrogens is 306 g/mol. The Morgan fingerprint density at radius 1 is 1.26 bits per heavy atom. The second-order valence-corrected chi connectivity index (χ2v) is 5.33. The summed E-state index contributed by atoms with van der Waals surface area (Å²) in [6.07, 6.45) is 4.25. The molecule has 0 saturated heterocycles. The van der Waals surface area contributed by atoms with Gasteiger partial charge in [0, 0.05) is 16.9 Å². The molecule has 19 heavy (non-hydrogen) atoms. The molecule has 0 aliphatic carbocycles. The van der Waals surface area contributed by atoms with E-state index < -0.39 is 5.97 Å². The third kappa shape index (κ3) is 4.17. The van der Waals surface area contributed by atoms with Crippen LogP contribution in [0.1, 0.15) is 23.5 Å². The maximum absolute atomic E-state index is 11.0. The number of rotatable bonds is 5. The van der Waals surface area contributed by atoms with E-state index in [4.69, 9.17) is 5.11 Å². The second kappa shape index (κ2) is 6.48. The van der Waals surface area contributed by atoms with Gasteiger partial charge in [-0.1, -0.05) is 34.1 Å². The molecule has 0 radical (unpaired) electrons. The number of benzene rings is 1. The van der Waals surface area contributed by atoms with E-state index in [9.17, 15) is 4.79 Å². The van der Waals surface area contributed by atoms with E-state index >= 15 is 0 Å². The standard InChI is InChI=1S/C15H14BrNO2/c16-14-5-3-11(4-6-14)8-13(9-15(18)19)12-2-1-7-17-10-12/h1-7,10,13H,8-9H2,(H,18,19). The molecule has 1 atom stereocenters. The zero-order valence-corrected chi connectivity index (χ0v) is 11.9. The van der Waals surface area contributed by atoms with Crippen molar-refractivity contribution in [2.45, 2.75) is 18.8 Å².